The van der Waals surface area contributed by atoms with Crippen LogP contribution in [0.2, 0.25) is 0 Å². The highest BCUT2D eigenvalue weighted by Crippen LogP contribution is 2.32. The van der Waals surface area contributed by atoms with E-state index in [0.29, 0.717) is 17.5 Å². The molecule has 0 aliphatic carbocycles. The smallest absolute Gasteiger partial charge is 0.275 e. The van der Waals surface area contributed by atoms with Crippen molar-refractivity contribution in [2.75, 3.05) is 6.54 Å². The summed E-state index contributed by atoms with van der Waals surface area (Å²) in [5.74, 6) is 0. The van der Waals surface area contributed by atoms with Gasteiger partial charge in [-0.15, -0.1) is 0 Å². The predicted molar refractivity (Wildman–Crippen MR) is 92.1 cm³/mol. The maximum Gasteiger partial charge on any atom is 0.275 e. The SMILES string of the molecule is CCc1nn2c(=O)cc(CN3CCC[C@@H]3c3cnn(C)c3)nc2s1. The molecule has 1 fully saturated rings. The number of likely N-dealkylation sites (tertiary alicyclic amines) is 1. The summed E-state index contributed by atoms with van der Waals surface area (Å²) in [6.45, 7) is 3.74. The Balaban J connectivity index is 1.62. The Bertz CT molecular complexity index is 926. The molecule has 0 unspecified atom stereocenters. The summed E-state index contributed by atoms with van der Waals surface area (Å²) in [5.41, 5.74) is 1.96. The zero-order chi connectivity index (χ0) is 16.7. The Kier molecular flexibility index (Phi) is 3.93. The zero-order valence-electron chi connectivity index (χ0n) is 13.8. The summed E-state index contributed by atoms with van der Waals surface area (Å²) in [4.78, 5) is 20.0. The third-order valence-electron chi connectivity index (χ3n) is 4.48. The highest BCUT2D eigenvalue weighted by atomic mass is 32.1. The summed E-state index contributed by atoms with van der Waals surface area (Å²) in [5, 5.41) is 9.53. The molecule has 4 heterocycles. The van der Waals surface area contributed by atoms with Gasteiger partial charge in [0.05, 0.1) is 11.9 Å². The van der Waals surface area contributed by atoms with E-state index >= 15 is 0 Å². The monoisotopic (exact) mass is 344 g/mol. The lowest BCUT2D eigenvalue weighted by Gasteiger charge is -2.22. The van der Waals surface area contributed by atoms with Gasteiger partial charge in [-0.3, -0.25) is 14.4 Å². The third-order valence-corrected chi connectivity index (χ3v) is 5.53. The van der Waals surface area contributed by atoms with E-state index in [4.69, 9.17) is 0 Å². The van der Waals surface area contributed by atoms with Crippen molar-refractivity contribution in [3.05, 3.63) is 45.1 Å². The van der Waals surface area contributed by atoms with E-state index in [9.17, 15) is 4.79 Å². The van der Waals surface area contributed by atoms with E-state index in [0.717, 1.165) is 36.5 Å². The van der Waals surface area contributed by atoms with Gasteiger partial charge in [-0.25, -0.2) is 4.98 Å². The number of rotatable bonds is 4. The van der Waals surface area contributed by atoms with E-state index in [1.54, 1.807) is 6.07 Å². The first-order valence-corrected chi connectivity index (χ1v) is 9.07. The molecule has 8 heteroatoms. The molecule has 3 aromatic rings. The van der Waals surface area contributed by atoms with Gasteiger partial charge in [-0.2, -0.15) is 14.7 Å². The fourth-order valence-electron chi connectivity index (χ4n) is 3.33. The summed E-state index contributed by atoms with van der Waals surface area (Å²) in [6.07, 6.45) is 7.10. The number of hydrogen-bond donors (Lipinski definition) is 0. The van der Waals surface area contributed by atoms with Gasteiger partial charge in [-0.1, -0.05) is 18.3 Å². The van der Waals surface area contributed by atoms with Gasteiger partial charge in [0.25, 0.3) is 5.56 Å². The average Bonchev–Trinajstić information content (AvgIpc) is 3.26. The van der Waals surface area contributed by atoms with Gasteiger partial charge >= 0.3 is 0 Å². The van der Waals surface area contributed by atoms with E-state index in [2.05, 4.69) is 26.3 Å². The second-order valence-electron chi connectivity index (χ2n) is 6.21. The molecule has 0 saturated carbocycles. The van der Waals surface area contributed by atoms with E-state index in [-0.39, 0.29) is 5.56 Å². The largest absolute Gasteiger partial charge is 0.290 e. The molecule has 0 N–H and O–H groups in total. The Labute approximate surface area is 143 Å². The summed E-state index contributed by atoms with van der Waals surface area (Å²) in [6, 6.07) is 1.97. The molecular weight excluding hydrogens is 324 g/mol. The van der Waals surface area contributed by atoms with Crippen molar-refractivity contribution in [2.24, 2.45) is 7.05 Å². The summed E-state index contributed by atoms with van der Waals surface area (Å²) in [7, 11) is 1.94. The lowest BCUT2D eigenvalue weighted by atomic mass is 10.1. The van der Waals surface area contributed by atoms with Crippen molar-refractivity contribution in [1.82, 2.24) is 29.3 Å². The molecule has 0 spiro atoms. The van der Waals surface area contributed by atoms with Crippen LogP contribution in [0.5, 0.6) is 0 Å². The van der Waals surface area contributed by atoms with Gasteiger partial charge in [0.15, 0.2) is 0 Å². The van der Waals surface area contributed by atoms with Crippen LogP contribution < -0.4 is 5.56 Å². The molecule has 24 heavy (non-hydrogen) atoms. The Hall–Kier alpha value is -2.06. The second-order valence-corrected chi connectivity index (χ2v) is 7.25. The van der Waals surface area contributed by atoms with Crippen LogP contribution in [0, 0.1) is 0 Å². The maximum atomic E-state index is 12.3. The lowest BCUT2D eigenvalue weighted by molar-refractivity contribution is 0.245. The molecule has 7 nitrogen and oxygen atoms in total. The minimum atomic E-state index is -0.0944. The Morgan fingerprint density at radius 3 is 3.04 bits per heavy atom. The van der Waals surface area contributed by atoms with Crippen molar-refractivity contribution in [3.63, 3.8) is 0 Å². The van der Waals surface area contributed by atoms with Crippen LogP contribution in [0.4, 0.5) is 0 Å². The quantitative estimate of drug-likeness (QED) is 0.722. The first-order chi connectivity index (χ1) is 11.6. The third kappa shape index (κ3) is 2.76. The highest BCUT2D eigenvalue weighted by Gasteiger charge is 2.27. The lowest BCUT2D eigenvalue weighted by Crippen LogP contribution is -2.25. The number of nitrogens with zero attached hydrogens (tertiary/aromatic N) is 6. The Morgan fingerprint density at radius 2 is 2.29 bits per heavy atom. The highest BCUT2D eigenvalue weighted by molar-refractivity contribution is 7.16. The van der Waals surface area contributed by atoms with Crippen molar-refractivity contribution >= 4 is 16.3 Å². The molecule has 126 valence electrons. The maximum absolute atomic E-state index is 12.3. The molecule has 0 amide bonds. The fourth-order valence-corrected chi connectivity index (χ4v) is 4.19. The normalized spacial score (nSPS) is 18.7. The molecule has 1 atom stereocenters. The van der Waals surface area contributed by atoms with Crippen LogP contribution in [0.25, 0.3) is 4.96 Å². The molecule has 1 aliphatic heterocycles. The van der Waals surface area contributed by atoms with Crippen LogP contribution in [0.15, 0.2) is 23.3 Å². The number of aromatic nitrogens is 5. The molecular formula is C16H20N6OS. The molecule has 3 aromatic heterocycles. The van der Waals surface area contributed by atoms with Crippen LogP contribution >= 0.6 is 11.3 Å². The van der Waals surface area contributed by atoms with E-state index < -0.39 is 0 Å². The second kappa shape index (κ2) is 6.10. The first kappa shape index (κ1) is 15.5. The molecule has 1 saturated heterocycles. The van der Waals surface area contributed by atoms with Gasteiger partial charge < -0.3 is 0 Å². The van der Waals surface area contributed by atoms with Crippen LogP contribution in [-0.4, -0.2) is 35.8 Å². The Morgan fingerprint density at radius 1 is 1.42 bits per heavy atom. The van der Waals surface area contributed by atoms with Gasteiger partial charge in [0, 0.05) is 37.5 Å². The molecule has 1 aliphatic rings. The average molecular weight is 344 g/mol. The van der Waals surface area contributed by atoms with Gasteiger partial charge in [0.1, 0.15) is 5.01 Å². The summed E-state index contributed by atoms with van der Waals surface area (Å²) >= 11 is 1.49. The molecule has 4 rings (SSSR count). The molecule has 0 radical (unpaired) electrons. The number of hydrogen-bond acceptors (Lipinski definition) is 6. The predicted octanol–water partition coefficient (Wildman–Crippen LogP) is 1.78. The molecule has 0 aromatic carbocycles. The van der Waals surface area contributed by atoms with Gasteiger partial charge in [-0.05, 0) is 25.8 Å². The minimum Gasteiger partial charge on any atom is -0.290 e. The number of aryl methyl sites for hydroxylation is 2. The zero-order valence-corrected chi connectivity index (χ0v) is 14.7. The number of fused-ring (bicyclic) bond motifs is 1. The van der Waals surface area contributed by atoms with Crippen molar-refractivity contribution < 1.29 is 0 Å². The van der Waals surface area contributed by atoms with Crippen molar-refractivity contribution in [3.8, 4) is 0 Å². The van der Waals surface area contributed by atoms with Crippen molar-refractivity contribution in [1.29, 1.82) is 0 Å². The van der Waals surface area contributed by atoms with Crippen molar-refractivity contribution in [2.45, 2.75) is 38.8 Å². The minimum absolute atomic E-state index is 0.0944. The van der Waals surface area contributed by atoms with E-state index in [1.165, 1.54) is 21.4 Å². The fraction of sp³-hybridized carbons (Fsp3) is 0.500. The topological polar surface area (TPSA) is 68.3 Å². The van der Waals surface area contributed by atoms with Crippen LogP contribution in [0.1, 0.15) is 42.1 Å². The van der Waals surface area contributed by atoms with Crippen LogP contribution in [0.3, 0.4) is 0 Å². The standard InChI is InChI=1S/C16H20N6OS/c1-3-14-19-22-15(23)7-12(18-16(22)24-14)10-21-6-4-5-13(21)11-8-17-20(2)9-11/h7-9,13H,3-6,10H2,1-2H3/t13-/m1/s1. The van der Waals surface area contributed by atoms with Gasteiger partial charge in [0.2, 0.25) is 4.96 Å². The molecule has 0 bridgehead atoms. The first-order valence-electron chi connectivity index (χ1n) is 8.25. The summed E-state index contributed by atoms with van der Waals surface area (Å²) < 4.78 is 3.25. The van der Waals surface area contributed by atoms with E-state index in [1.807, 2.05) is 24.9 Å². The van der Waals surface area contributed by atoms with Crippen LogP contribution in [-0.2, 0) is 20.0 Å².